The Hall–Kier alpha value is -1.24. The molecule has 2 amide bonds. The Balaban J connectivity index is 1.57. The van der Waals surface area contributed by atoms with Gasteiger partial charge in [-0.3, -0.25) is 14.4 Å². The van der Waals surface area contributed by atoms with Gasteiger partial charge >= 0.3 is 5.97 Å². The monoisotopic (exact) mass is 326 g/mol. The van der Waals surface area contributed by atoms with Gasteiger partial charge in [0.1, 0.15) is 6.04 Å². The second-order valence-electron chi connectivity index (χ2n) is 6.66. The molecule has 6 nitrogen and oxygen atoms in total. The van der Waals surface area contributed by atoms with E-state index in [0.717, 1.165) is 6.42 Å². The van der Waals surface area contributed by atoms with E-state index < -0.39 is 5.97 Å². The van der Waals surface area contributed by atoms with Gasteiger partial charge in [0.2, 0.25) is 11.8 Å². The highest BCUT2D eigenvalue weighted by Gasteiger charge is 2.53. The Bertz CT molecular complexity index is 504. The SMILES string of the molecule is CC12CCC(=O)N1C(C(=O)NC1CCC(C(=O)O)CC1)CS2. The van der Waals surface area contributed by atoms with E-state index in [1.54, 1.807) is 16.7 Å². The molecule has 22 heavy (non-hydrogen) atoms. The Kier molecular flexibility index (Phi) is 4.09. The zero-order chi connectivity index (χ0) is 15.9. The summed E-state index contributed by atoms with van der Waals surface area (Å²) in [4.78, 5) is 37.1. The molecule has 0 aromatic rings. The third kappa shape index (κ3) is 2.71. The molecule has 2 aliphatic heterocycles. The first-order valence-electron chi connectivity index (χ1n) is 7.90. The van der Waals surface area contributed by atoms with E-state index in [1.165, 1.54) is 0 Å². The Morgan fingerprint density at radius 2 is 2.00 bits per heavy atom. The Morgan fingerprint density at radius 1 is 1.32 bits per heavy atom. The van der Waals surface area contributed by atoms with Crippen LogP contribution in [0.3, 0.4) is 0 Å². The zero-order valence-corrected chi connectivity index (χ0v) is 13.5. The summed E-state index contributed by atoms with van der Waals surface area (Å²) in [5, 5.41) is 12.0. The number of nitrogens with zero attached hydrogens (tertiary/aromatic N) is 1. The molecule has 3 fully saturated rings. The smallest absolute Gasteiger partial charge is 0.306 e. The van der Waals surface area contributed by atoms with Crippen molar-refractivity contribution in [2.45, 2.75) is 62.4 Å². The maximum Gasteiger partial charge on any atom is 0.306 e. The lowest BCUT2D eigenvalue weighted by atomic mass is 9.86. The minimum absolute atomic E-state index is 0.0395. The summed E-state index contributed by atoms with van der Waals surface area (Å²) in [6.45, 7) is 2.04. The third-order valence-corrected chi connectivity index (χ3v) is 6.68. The molecule has 3 aliphatic rings. The van der Waals surface area contributed by atoms with E-state index in [-0.39, 0.29) is 34.7 Å². The van der Waals surface area contributed by atoms with Gasteiger partial charge in [-0.1, -0.05) is 0 Å². The summed E-state index contributed by atoms with van der Waals surface area (Å²) in [5.41, 5.74) is 0. The van der Waals surface area contributed by atoms with E-state index in [0.29, 0.717) is 37.9 Å². The number of carbonyl (C=O) groups is 3. The number of fused-ring (bicyclic) bond motifs is 1. The van der Waals surface area contributed by atoms with Crippen LogP contribution in [0.1, 0.15) is 45.4 Å². The summed E-state index contributed by atoms with van der Waals surface area (Å²) < 4.78 is 0. The number of rotatable bonds is 3. The molecule has 2 saturated heterocycles. The number of aliphatic carboxylic acids is 1. The fourth-order valence-corrected chi connectivity index (χ4v) is 5.23. The van der Waals surface area contributed by atoms with Crippen molar-refractivity contribution in [3.63, 3.8) is 0 Å². The minimum atomic E-state index is -0.740. The second-order valence-corrected chi connectivity index (χ2v) is 8.16. The van der Waals surface area contributed by atoms with Crippen LogP contribution in [0.2, 0.25) is 0 Å². The first-order valence-corrected chi connectivity index (χ1v) is 8.88. The fraction of sp³-hybridized carbons (Fsp3) is 0.800. The van der Waals surface area contributed by atoms with Crippen molar-refractivity contribution in [3.8, 4) is 0 Å². The van der Waals surface area contributed by atoms with Crippen LogP contribution in [0, 0.1) is 5.92 Å². The zero-order valence-electron chi connectivity index (χ0n) is 12.7. The van der Waals surface area contributed by atoms with E-state index in [1.807, 2.05) is 6.92 Å². The average Bonchev–Trinajstić information content (AvgIpc) is 2.97. The molecule has 2 N–H and O–H groups in total. The van der Waals surface area contributed by atoms with Gasteiger partial charge in [0, 0.05) is 18.2 Å². The molecule has 7 heteroatoms. The number of carbonyl (C=O) groups excluding carboxylic acids is 2. The van der Waals surface area contributed by atoms with Gasteiger partial charge in [0.25, 0.3) is 0 Å². The minimum Gasteiger partial charge on any atom is -0.481 e. The number of hydrogen-bond acceptors (Lipinski definition) is 4. The van der Waals surface area contributed by atoms with Crippen LogP contribution >= 0.6 is 11.8 Å². The van der Waals surface area contributed by atoms with Crippen molar-refractivity contribution in [2.24, 2.45) is 5.92 Å². The molecule has 2 unspecified atom stereocenters. The maximum atomic E-state index is 12.5. The van der Waals surface area contributed by atoms with Crippen molar-refractivity contribution in [1.29, 1.82) is 0 Å². The second kappa shape index (κ2) is 5.76. The topological polar surface area (TPSA) is 86.7 Å². The van der Waals surface area contributed by atoms with E-state index >= 15 is 0 Å². The van der Waals surface area contributed by atoms with Crippen molar-refractivity contribution in [2.75, 3.05) is 5.75 Å². The number of carboxylic acids is 1. The highest BCUT2D eigenvalue weighted by atomic mass is 32.2. The largest absolute Gasteiger partial charge is 0.481 e. The van der Waals surface area contributed by atoms with Gasteiger partial charge in [0.15, 0.2) is 0 Å². The first-order chi connectivity index (χ1) is 10.4. The maximum absolute atomic E-state index is 12.5. The van der Waals surface area contributed by atoms with Gasteiger partial charge in [-0.25, -0.2) is 0 Å². The molecule has 0 aromatic carbocycles. The Labute approximate surface area is 134 Å². The molecule has 0 spiro atoms. The first kappa shape index (κ1) is 15.6. The third-order valence-electron chi connectivity index (χ3n) is 5.17. The van der Waals surface area contributed by atoms with Crippen molar-refractivity contribution >= 4 is 29.5 Å². The highest BCUT2D eigenvalue weighted by Crippen LogP contribution is 2.47. The van der Waals surface area contributed by atoms with Crippen LogP contribution in [-0.4, -0.2) is 50.5 Å². The number of carboxylic acid groups (broad SMARTS) is 1. The molecule has 3 rings (SSSR count). The van der Waals surface area contributed by atoms with E-state index in [4.69, 9.17) is 5.11 Å². The lowest BCUT2D eigenvalue weighted by molar-refractivity contribution is -0.143. The normalized spacial score (nSPS) is 38.0. The van der Waals surface area contributed by atoms with Crippen LogP contribution < -0.4 is 5.32 Å². The standard InChI is InChI=1S/C15H22N2O4S/c1-15-7-6-12(18)17(15)11(8-22-15)13(19)16-10-4-2-9(3-5-10)14(20)21/h9-11H,2-8H2,1H3,(H,16,19)(H,20,21). The molecule has 2 heterocycles. The molecular weight excluding hydrogens is 304 g/mol. The number of nitrogens with one attached hydrogen (secondary N) is 1. The molecule has 0 radical (unpaired) electrons. The summed E-state index contributed by atoms with van der Waals surface area (Å²) >= 11 is 1.69. The molecule has 0 aromatic heterocycles. The van der Waals surface area contributed by atoms with Crippen molar-refractivity contribution in [1.82, 2.24) is 10.2 Å². The number of amides is 2. The fourth-order valence-electron chi connectivity index (χ4n) is 3.80. The van der Waals surface area contributed by atoms with Crippen LogP contribution in [0.4, 0.5) is 0 Å². The van der Waals surface area contributed by atoms with Crippen LogP contribution in [0.5, 0.6) is 0 Å². The van der Waals surface area contributed by atoms with Gasteiger partial charge < -0.3 is 15.3 Å². The molecule has 0 bridgehead atoms. The number of hydrogen-bond donors (Lipinski definition) is 2. The predicted molar refractivity (Wildman–Crippen MR) is 82.3 cm³/mol. The quantitative estimate of drug-likeness (QED) is 0.814. The van der Waals surface area contributed by atoms with Crippen molar-refractivity contribution in [3.05, 3.63) is 0 Å². The average molecular weight is 326 g/mol. The van der Waals surface area contributed by atoms with Crippen molar-refractivity contribution < 1.29 is 19.5 Å². The number of thioether (sulfide) groups is 1. The lowest BCUT2D eigenvalue weighted by Crippen LogP contribution is -2.52. The summed E-state index contributed by atoms with van der Waals surface area (Å²) in [6, 6.07) is -0.333. The lowest BCUT2D eigenvalue weighted by Gasteiger charge is -2.32. The Morgan fingerprint density at radius 3 is 2.64 bits per heavy atom. The predicted octanol–water partition coefficient (Wildman–Crippen LogP) is 1.20. The van der Waals surface area contributed by atoms with E-state index in [9.17, 15) is 14.4 Å². The summed E-state index contributed by atoms with van der Waals surface area (Å²) in [7, 11) is 0. The van der Waals surface area contributed by atoms with Crippen LogP contribution in [0.25, 0.3) is 0 Å². The molecular formula is C15H22N2O4S. The van der Waals surface area contributed by atoms with Crippen LogP contribution in [0.15, 0.2) is 0 Å². The summed E-state index contributed by atoms with van der Waals surface area (Å²) in [5.74, 6) is -0.375. The molecule has 1 saturated carbocycles. The van der Waals surface area contributed by atoms with Crippen LogP contribution in [-0.2, 0) is 14.4 Å². The highest BCUT2D eigenvalue weighted by molar-refractivity contribution is 8.01. The van der Waals surface area contributed by atoms with Gasteiger partial charge in [-0.05, 0) is 39.0 Å². The van der Waals surface area contributed by atoms with Gasteiger partial charge in [0.05, 0.1) is 10.8 Å². The molecule has 122 valence electrons. The van der Waals surface area contributed by atoms with E-state index in [2.05, 4.69) is 5.32 Å². The molecule has 1 aliphatic carbocycles. The molecule has 2 atom stereocenters. The van der Waals surface area contributed by atoms with Gasteiger partial charge in [-0.2, -0.15) is 0 Å². The summed E-state index contributed by atoms with van der Waals surface area (Å²) in [6.07, 6.45) is 3.96. The van der Waals surface area contributed by atoms with Gasteiger partial charge in [-0.15, -0.1) is 11.8 Å².